The van der Waals surface area contributed by atoms with Gasteiger partial charge in [-0.25, -0.2) is 0 Å². The van der Waals surface area contributed by atoms with E-state index in [-0.39, 0.29) is 5.91 Å². The molecule has 1 amide bonds. The fourth-order valence-corrected chi connectivity index (χ4v) is 3.67. The Bertz CT molecular complexity index is 990. The molecule has 3 rings (SSSR count). The van der Waals surface area contributed by atoms with Crippen molar-refractivity contribution in [2.45, 2.75) is 13.5 Å². The first-order valence-electron chi connectivity index (χ1n) is 8.59. The number of benzene rings is 3. The largest absolute Gasteiger partial charge is 0.493 e. The summed E-state index contributed by atoms with van der Waals surface area (Å²) < 4.78 is 13.0. The fraction of sp³-hybridized carbons (Fsp3) is 0.136. The van der Waals surface area contributed by atoms with Gasteiger partial charge >= 0.3 is 0 Å². The van der Waals surface area contributed by atoms with Crippen LogP contribution >= 0.6 is 38.5 Å². The minimum absolute atomic E-state index is 0.215. The summed E-state index contributed by atoms with van der Waals surface area (Å²) in [4.78, 5) is 12.7. The number of nitrogens with one attached hydrogen (secondary N) is 1. The third-order valence-corrected chi connectivity index (χ3v) is 5.65. The van der Waals surface area contributed by atoms with E-state index in [0.717, 1.165) is 14.8 Å². The number of hydrogen-bond acceptors (Lipinski definition) is 3. The summed E-state index contributed by atoms with van der Waals surface area (Å²) in [5.74, 6) is 0.844. The van der Waals surface area contributed by atoms with Gasteiger partial charge in [0.1, 0.15) is 6.61 Å². The van der Waals surface area contributed by atoms with Crippen LogP contribution in [0.2, 0.25) is 0 Å². The number of anilines is 1. The van der Waals surface area contributed by atoms with Gasteiger partial charge in [0, 0.05) is 9.13 Å². The van der Waals surface area contributed by atoms with E-state index < -0.39 is 0 Å². The Morgan fingerprint density at radius 3 is 2.50 bits per heavy atom. The molecule has 0 saturated carbocycles. The predicted molar refractivity (Wildman–Crippen MR) is 123 cm³/mol. The van der Waals surface area contributed by atoms with Crippen molar-refractivity contribution in [3.8, 4) is 11.5 Å². The zero-order chi connectivity index (χ0) is 20.1. The van der Waals surface area contributed by atoms with Crippen molar-refractivity contribution in [2.75, 3.05) is 12.4 Å². The molecule has 0 heterocycles. The molecule has 3 aromatic carbocycles. The molecule has 6 heteroatoms. The van der Waals surface area contributed by atoms with Gasteiger partial charge in [0.25, 0.3) is 5.91 Å². The lowest BCUT2D eigenvalue weighted by Gasteiger charge is -2.15. The first-order valence-corrected chi connectivity index (χ1v) is 10.5. The molecule has 144 valence electrons. The lowest BCUT2D eigenvalue weighted by Crippen LogP contribution is -2.13. The summed E-state index contributed by atoms with van der Waals surface area (Å²) in [5.41, 5.74) is 3.50. The number of carbonyl (C=O) groups excluding carboxylic acids is 1. The van der Waals surface area contributed by atoms with E-state index in [1.165, 1.54) is 5.56 Å². The van der Waals surface area contributed by atoms with Crippen LogP contribution in [0.5, 0.6) is 11.5 Å². The number of hydrogen-bond donors (Lipinski definition) is 1. The van der Waals surface area contributed by atoms with Crippen LogP contribution in [0.15, 0.2) is 65.1 Å². The smallest absolute Gasteiger partial charge is 0.255 e. The number of rotatable bonds is 6. The Labute approximate surface area is 186 Å². The van der Waals surface area contributed by atoms with Crippen LogP contribution in [0, 0.1) is 10.5 Å². The minimum Gasteiger partial charge on any atom is -0.493 e. The van der Waals surface area contributed by atoms with E-state index >= 15 is 0 Å². The average Bonchev–Trinajstić information content (AvgIpc) is 2.69. The molecule has 0 unspecified atom stereocenters. The van der Waals surface area contributed by atoms with Gasteiger partial charge < -0.3 is 14.8 Å². The van der Waals surface area contributed by atoms with Gasteiger partial charge in [0.2, 0.25) is 0 Å². The number of methoxy groups -OCH3 is 1. The number of halogens is 2. The number of para-hydroxylation sites is 1. The fourth-order valence-electron chi connectivity index (χ4n) is 2.59. The molecule has 1 N–H and O–H groups in total. The van der Waals surface area contributed by atoms with Crippen LogP contribution in [-0.4, -0.2) is 13.0 Å². The molecule has 0 aliphatic carbocycles. The van der Waals surface area contributed by atoms with E-state index in [2.05, 4.69) is 43.8 Å². The Morgan fingerprint density at radius 1 is 1.11 bits per heavy atom. The molecule has 0 saturated heterocycles. The number of amides is 1. The van der Waals surface area contributed by atoms with Crippen LogP contribution in [0.4, 0.5) is 5.69 Å². The van der Waals surface area contributed by atoms with Gasteiger partial charge in [-0.15, -0.1) is 0 Å². The van der Waals surface area contributed by atoms with Crippen LogP contribution in [0.3, 0.4) is 0 Å². The molecule has 0 aliphatic heterocycles. The molecular formula is C22H19BrINO3. The van der Waals surface area contributed by atoms with Crippen LogP contribution in [0.1, 0.15) is 21.5 Å². The van der Waals surface area contributed by atoms with Crippen molar-refractivity contribution < 1.29 is 14.3 Å². The Hall–Kier alpha value is -2.06. The standard InChI is InChI=1S/C22H19BrINO3/c1-14-7-9-15(10-8-14)13-28-21-17(23)11-16(12-20(21)27-2)22(26)25-19-6-4-3-5-18(19)24/h3-12H,13H2,1-2H3,(H,25,26). The topological polar surface area (TPSA) is 47.6 Å². The third kappa shape index (κ3) is 5.05. The maximum Gasteiger partial charge on any atom is 0.255 e. The van der Waals surface area contributed by atoms with Crippen molar-refractivity contribution in [3.05, 3.63) is 85.4 Å². The normalized spacial score (nSPS) is 10.4. The second-order valence-electron chi connectivity index (χ2n) is 6.20. The second kappa shape index (κ2) is 9.43. The van der Waals surface area contributed by atoms with Crippen molar-refractivity contribution in [3.63, 3.8) is 0 Å². The molecule has 0 bridgehead atoms. The Morgan fingerprint density at radius 2 is 1.82 bits per heavy atom. The van der Waals surface area contributed by atoms with Gasteiger partial charge in [-0.2, -0.15) is 0 Å². The number of ether oxygens (including phenoxy) is 2. The molecule has 0 aliphatic rings. The zero-order valence-corrected chi connectivity index (χ0v) is 19.2. The molecule has 0 spiro atoms. The summed E-state index contributed by atoms with van der Waals surface area (Å²) in [7, 11) is 1.56. The highest BCUT2D eigenvalue weighted by atomic mass is 127. The van der Waals surface area contributed by atoms with Gasteiger partial charge in [0.05, 0.1) is 17.3 Å². The molecule has 3 aromatic rings. The summed E-state index contributed by atoms with van der Waals surface area (Å²) in [6.45, 7) is 2.45. The molecule has 4 nitrogen and oxygen atoms in total. The first kappa shape index (κ1) is 20.7. The van der Waals surface area contributed by atoms with E-state index in [1.54, 1.807) is 19.2 Å². The molecule has 0 fully saturated rings. The lowest BCUT2D eigenvalue weighted by molar-refractivity contribution is 0.102. The van der Waals surface area contributed by atoms with E-state index in [0.29, 0.717) is 28.1 Å². The zero-order valence-electron chi connectivity index (χ0n) is 15.5. The molecule has 28 heavy (non-hydrogen) atoms. The van der Waals surface area contributed by atoms with E-state index in [9.17, 15) is 4.79 Å². The summed E-state index contributed by atoms with van der Waals surface area (Å²) >= 11 is 5.69. The van der Waals surface area contributed by atoms with Crippen molar-refractivity contribution in [1.82, 2.24) is 0 Å². The van der Waals surface area contributed by atoms with E-state index in [1.807, 2.05) is 55.5 Å². The monoisotopic (exact) mass is 551 g/mol. The minimum atomic E-state index is -0.215. The number of aryl methyl sites for hydroxylation is 1. The summed E-state index contributed by atoms with van der Waals surface area (Å²) in [6, 6.07) is 19.2. The summed E-state index contributed by atoms with van der Waals surface area (Å²) in [6.07, 6.45) is 0. The highest BCUT2D eigenvalue weighted by molar-refractivity contribution is 14.1. The quantitative estimate of drug-likeness (QED) is 0.371. The average molecular weight is 552 g/mol. The predicted octanol–water partition coefficient (Wildman–Crippen LogP) is 6.20. The Kier molecular flexibility index (Phi) is 6.96. The maximum absolute atomic E-state index is 12.7. The van der Waals surface area contributed by atoms with Crippen LogP contribution in [-0.2, 0) is 6.61 Å². The van der Waals surface area contributed by atoms with Gasteiger partial charge in [-0.1, -0.05) is 42.0 Å². The molecule has 0 atom stereocenters. The van der Waals surface area contributed by atoms with Crippen molar-refractivity contribution in [2.24, 2.45) is 0 Å². The Balaban J connectivity index is 1.79. The van der Waals surface area contributed by atoms with Crippen LogP contribution in [0.25, 0.3) is 0 Å². The SMILES string of the molecule is COc1cc(C(=O)Nc2ccccc2I)cc(Br)c1OCc1ccc(C)cc1. The lowest BCUT2D eigenvalue weighted by atomic mass is 10.1. The maximum atomic E-state index is 12.7. The van der Waals surface area contributed by atoms with Crippen molar-refractivity contribution in [1.29, 1.82) is 0 Å². The molecular weight excluding hydrogens is 533 g/mol. The number of carbonyl (C=O) groups is 1. The highest BCUT2D eigenvalue weighted by Crippen LogP contribution is 2.37. The second-order valence-corrected chi connectivity index (χ2v) is 8.21. The summed E-state index contributed by atoms with van der Waals surface area (Å²) in [5, 5.41) is 2.92. The van der Waals surface area contributed by atoms with Gasteiger partial charge in [-0.3, -0.25) is 4.79 Å². The first-order chi connectivity index (χ1) is 13.5. The van der Waals surface area contributed by atoms with E-state index in [4.69, 9.17) is 9.47 Å². The van der Waals surface area contributed by atoms with Crippen LogP contribution < -0.4 is 14.8 Å². The highest BCUT2D eigenvalue weighted by Gasteiger charge is 2.16. The van der Waals surface area contributed by atoms with Gasteiger partial charge in [0.15, 0.2) is 11.5 Å². The van der Waals surface area contributed by atoms with Crippen molar-refractivity contribution >= 4 is 50.1 Å². The third-order valence-electron chi connectivity index (χ3n) is 4.12. The van der Waals surface area contributed by atoms with Gasteiger partial charge in [-0.05, 0) is 75.3 Å². The molecule has 0 radical (unpaired) electrons. The molecule has 0 aromatic heterocycles.